The molecule has 0 radical (unpaired) electrons. The van der Waals surface area contributed by atoms with E-state index in [9.17, 15) is 14.4 Å². The van der Waals surface area contributed by atoms with Gasteiger partial charge < -0.3 is 10.6 Å². The molecular weight excluding hydrogens is 176 g/mol. The minimum absolute atomic E-state index is 0.196. The standard InChI is InChI=1S/C6H10N4O3/c7-4(11)3-1-10(2-3)6(13)5(12)9-8/h3H,1-2,8H2,(H2,7,11)(H,9,12). The van der Waals surface area contributed by atoms with Gasteiger partial charge in [-0.05, 0) is 0 Å². The van der Waals surface area contributed by atoms with E-state index in [0.717, 1.165) is 0 Å². The lowest BCUT2D eigenvalue weighted by Gasteiger charge is -2.36. The highest BCUT2D eigenvalue weighted by atomic mass is 16.2. The molecular formula is C6H10N4O3. The Kier molecular flexibility index (Phi) is 2.47. The molecule has 1 heterocycles. The van der Waals surface area contributed by atoms with Crippen molar-refractivity contribution in [1.82, 2.24) is 10.3 Å². The summed E-state index contributed by atoms with van der Waals surface area (Å²) in [7, 11) is 0. The van der Waals surface area contributed by atoms with Crippen LogP contribution in [0.15, 0.2) is 0 Å². The first-order valence-electron chi connectivity index (χ1n) is 3.65. The molecule has 0 unspecified atom stereocenters. The predicted octanol–water partition coefficient (Wildman–Crippen LogP) is -3.08. The minimum atomic E-state index is -0.886. The molecule has 1 aliphatic rings. The van der Waals surface area contributed by atoms with Gasteiger partial charge in [0.25, 0.3) is 0 Å². The molecule has 3 amide bonds. The number of nitrogens with zero attached hydrogens (tertiary/aromatic N) is 1. The number of nitrogens with one attached hydrogen (secondary N) is 1. The first-order chi connectivity index (χ1) is 6.06. The summed E-state index contributed by atoms with van der Waals surface area (Å²) in [4.78, 5) is 33.4. The summed E-state index contributed by atoms with van der Waals surface area (Å²) in [5, 5.41) is 0. The van der Waals surface area contributed by atoms with Crippen molar-refractivity contribution in [1.29, 1.82) is 0 Å². The fourth-order valence-corrected chi connectivity index (χ4v) is 1.03. The molecule has 1 fully saturated rings. The molecule has 0 aromatic carbocycles. The summed E-state index contributed by atoms with van der Waals surface area (Å²) < 4.78 is 0. The number of hydrogen-bond donors (Lipinski definition) is 3. The first-order valence-corrected chi connectivity index (χ1v) is 3.65. The van der Waals surface area contributed by atoms with Crippen LogP contribution in [-0.4, -0.2) is 35.7 Å². The average Bonchev–Trinajstić information content (AvgIpc) is 1.99. The second-order valence-electron chi connectivity index (χ2n) is 2.78. The van der Waals surface area contributed by atoms with Crippen LogP contribution in [0.1, 0.15) is 0 Å². The highest BCUT2D eigenvalue weighted by Gasteiger charge is 2.36. The highest BCUT2D eigenvalue weighted by molar-refractivity contribution is 6.35. The van der Waals surface area contributed by atoms with Crippen LogP contribution in [0.2, 0.25) is 0 Å². The van der Waals surface area contributed by atoms with Gasteiger partial charge in [0.1, 0.15) is 0 Å². The molecule has 0 bridgehead atoms. The Morgan fingerprint density at radius 1 is 1.31 bits per heavy atom. The number of carbonyl (C=O) groups is 3. The van der Waals surface area contributed by atoms with Crippen LogP contribution in [0.5, 0.6) is 0 Å². The molecule has 1 aliphatic heterocycles. The molecule has 5 N–H and O–H groups in total. The Bertz CT molecular complexity index is 259. The van der Waals surface area contributed by atoms with Gasteiger partial charge in [0.05, 0.1) is 5.92 Å². The van der Waals surface area contributed by atoms with E-state index < -0.39 is 17.7 Å². The molecule has 0 atom stereocenters. The maximum Gasteiger partial charge on any atom is 0.323 e. The molecule has 72 valence electrons. The molecule has 0 aromatic heterocycles. The quantitative estimate of drug-likeness (QED) is 0.174. The number of likely N-dealkylation sites (tertiary alicyclic amines) is 1. The molecule has 0 saturated carbocycles. The van der Waals surface area contributed by atoms with Crippen LogP contribution in [0.4, 0.5) is 0 Å². The second kappa shape index (κ2) is 3.40. The summed E-state index contributed by atoms with van der Waals surface area (Å²) in [6.45, 7) is 0.392. The van der Waals surface area contributed by atoms with Crippen molar-refractivity contribution in [2.24, 2.45) is 17.5 Å². The van der Waals surface area contributed by atoms with Crippen LogP contribution in [-0.2, 0) is 14.4 Å². The van der Waals surface area contributed by atoms with Crippen LogP contribution in [0, 0.1) is 5.92 Å². The number of primary amides is 1. The molecule has 0 spiro atoms. The maximum atomic E-state index is 11.0. The molecule has 7 nitrogen and oxygen atoms in total. The van der Waals surface area contributed by atoms with Gasteiger partial charge in [-0.3, -0.25) is 19.8 Å². The molecule has 1 saturated heterocycles. The van der Waals surface area contributed by atoms with Crippen molar-refractivity contribution in [3.63, 3.8) is 0 Å². The molecule has 0 aliphatic carbocycles. The van der Waals surface area contributed by atoms with Gasteiger partial charge in [-0.25, -0.2) is 5.84 Å². The lowest BCUT2D eigenvalue weighted by Crippen LogP contribution is -2.58. The van der Waals surface area contributed by atoms with Crippen LogP contribution in [0.25, 0.3) is 0 Å². The van der Waals surface area contributed by atoms with Gasteiger partial charge in [0.2, 0.25) is 5.91 Å². The highest BCUT2D eigenvalue weighted by Crippen LogP contribution is 2.14. The van der Waals surface area contributed by atoms with Crippen LogP contribution < -0.4 is 17.0 Å². The fourth-order valence-electron chi connectivity index (χ4n) is 1.03. The Labute approximate surface area is 74.0 Å². The molecule has 7 heteroatoms. The summed E-state index contributed by atoms with van der Waals surface area (Å²) in [5.74, 6) is 2.32. The molecule has 0 aromatic rings. The van der Waals surface area contributed by atoms with Gasteiger partial charge in [0.15, 0.2) is 0 Å². The van der Waals surface area contributed by atoms with E-state index in [4.69, 9.17) is 11.6 Å². The Hall–Kier alpha value is -1.63. The summed E-state index contributed by atoms with van der Waals surface area (Å²) in [6, 6.07) is 0. The zero-order valence-corrected chi connectivity index (χ0v) is 6.82. The van der Waals surface area contributed by atoms with E-state index in [0.29, 0.717) is 0 Å². The maximum absolute atomic E-state index is 11.0. The average molecular weight is 186 g/mol. The van der Waals surface area contributed by atoms with E-state index in [1.54, 1.807) is 5.43 Å². The smallest absolute Gasteiger partial charge is 0.323 e. The third-order valence-electron chi connectivity index (χ3n) is 1.90. The van der Waals surface area contributed by atoms with Gasteiger partial charge in [-0.15, -0.1) is 0 Å². The fraction of sp³-hybridized carbons (Fsp3) is 0.500. The number of rotatable bonds is 1. The summed E-state index contributed by atoms with van der Waals surface area (Å²) in [5.41, 5.74) is 6.68. The summed E-state index contributed by atoms with van der Waals surface area (Å²) >= 11 is 0. The zero-order valence-electron chi connectivity index (χ0n) is 6.82. The number of carbonyl (C=O) groups excluding carboxylic acids is 3. The summed E-state index contributed by atoms with van der Waals surface area (Å²) in [6.07, 6.45) is 0. The predicted molar refractivity (Wildman–Crippen MR) is 41.6 cm³/mol. The van der Waals surface area contributed by atoms with Gasteiger partial charge in [-0.2, -0.15) is 0 Å². The van der Waals surface area contributed by atoms with E-state index in [2.05, 4.69) is 0 Å². The Morgan fingerprint density at radius 2 is 1.85 bits per heavy atom. The second-order valence-corrected chi connectivity index (χ2v) is 2.78. The van der Waals surface area contributed by atoms with Crippen molar-refractivity contribution >= 4 is 17.7 Å². The first kappa shape index (κ1) is 9.46. The molecule has 13 heavy (non-hydrogen) atoms. The minimum Gasteiger partial charge on any atom is -0.369 e. The lowest BCUT2D eigenvalue weighted by molar-refractivity contribution is -0.152. The Balaban J connectivity index is 2.39. The zero-order chi connectivity index (χ0) is 10.0. The van der Waals surface area contributed by atoms with Crippen molar-refractivity contribution in [2.45, 2.75) is 0 Å². The number of hydrogen-bond acceptors (Lipinski definition) is 4. The third-order valence-corrected chi connectivity index (χ3v) is 1.90. The van der Waals surface area contributed by atoms with Crippen molar-refractivity contribution in [3.05, 3.63) is 0 Å². The third kappa shape index (κ3) is 1.75. The van der Waals surface area contributed by atoms with Gasteiger partial charge in [0, 0.05) is 13.1 Å². The van der Waals surface area contributed by atoms with Crippen molar-refractivity contribution in [2.75, 3.05) is 13.1 Å². The number of nitrogens with two attached hydrogens (primary N) is 2. The topological polar surface area (TPSA) is 119 Å². The normalized spacial score (nSPS) is 16.2. The van der Waals surface area contributed by atoms with E-state index >= 15 is 0 Å². The van der Waals surface area contributed by atoms with Gasteiger partial charge >= 0.3 is 11.8 Å². The number of hydrazine groups is 1. The van der Waals surface area contributed by atoms with Crippen molar-refractivity contribution < 1.29 is 14.4 Å². The Morgan fingerprint density at radius 3 is 2.23 bits per heavy atom. The lowest BCUT2D eigenvalue weighted by atomic mass is 9.99. The monoisotopic (exact) mass is 186 g/mol. The van der Waals surface area contributed by atoms with Gasteiger partial charge in [-0.1, -0.05) is 0 Å². The SMILES string of the molecule is NNC(=O)C(=O)N1CC(C(N)=O)C1. The largest absolute Gasteiger partial charge is 0.369 e. The van der Waals surface area contributed by atoms with E-state index in [-0.39, 0.29) is 19.0 Å². The van der Waals surface area contributed by atoms with Crippen LogP contribution >= 0.6 is 0 Å². The van der Waals surface area contributed by atoms with E-state index in [1.807, 2.05) is 0 Å². The van der Waals surface area contributed by atoms with E-state index in [1.165, 1.54) is 4.90 Å². The van der Waals surface area contributed by atoms with Crippen LogP contribution in [0.3, 0.4) is 0 Å². The molecule has 1 rings (SSSR count). The number of amides is 3. The van der Waals surface area contributed by atoms with Crippen molar-refractivity contribution in [3.8, 4) is 0 Å².